The minimum Gasteiger partial charge on any atom is -0.327 e. The van der Waals surface area contributed by atoms with Crippen LogP contribution in [0.5, 0.6) is 0 Å². The lowest BCUT2D eigenvalue weighted by atomic mass is 9.90. The minimum absolute atomic E-state index is 0.744. The van der Waals surface area contributed by atoms with Gasteiger partial charge in [-0.05, 0) is 25.4 Å². The quantitative estimate of drug-likeness (QED) is 0.750. The van der Waals surface area contributed by atoms with Gasteiger partial charge in [0.15, 0.2) is 0 Å². The summed E-state index contributed by atoms with van der Waals surface area (Å²) in [6, 6.07) is 0.798. The van der Waals surface area contributed by atoms with Crippen molar-refractivity contribution >= 4 is 0 Å². The standard InChI is InChI=1S/C15H30N3/c1-3-14(2)15-6-4-5-9-18(15)13-12-17-10-7-16-8-11-17/h3,14-16H,4-13H2,1-2H3/q-1. The van der Waals surface area contributed by atoms with E-state index >= 15 is 0 Å². The molecule has 2 unspecified atom stereocenters. The van der Waals surface area contributed by atoms with Crippen LogP contribution in [-0.2, 0) is 0 Å². The first kappa shape index (κ1) is 14.3. The highest BCUT2D eigenvalue weighted by Gasteiger charge is 2.23. The van der Waals surface area contributed by atoms with E-state index in [1.165, 1.54) is 65.1 Å². The monoisotopic (exact) mass is 252 g/mol. The fraction of sp³-hybridized carbons (Fsp3) is 0.933. The van der Waals surface area contributed by atoms with Gasteiger partial charge in [-0.3, -0.25) is 4.90 Å². The van der Waals surface area contributed by atoms with E-state index in [4.69, 9.17) is 0 Å². The Morgan fingerprint density at radius 3 is 2.67 bits per heavy atom. The third-order valence-electron chi connectivity index (χ3n) is 4.71. The highest BCUT2D eigenvalue weighted by molar-refractivity contribution is 4.86. The van der Waals surface area contributed by atoms with E-state index in [0.29, 0.717) is 0 Å². The van der Waals surface area contributed by atoms with Crippen molar-refractivity contribution in [3.05, 3.63) is 6.42 Å². The first-order valence-electron chi connectivity index (χ1n) is 7.78. The summed E-state index contributed by atoms with van der Waals surface area (Å²) < 4.78 is 0. The summed E-state index contributed by atoms with van der Waals surface area (Å²) in [6.45, 7) is 13.2. The molecule has 3 heteroatoms. The molecule has 2 atom stereocenters. The third-order valence-corrected chi connectivity index (χ3v) is 4.71. The van der Waals surface area contributed by atoms with Gasteiger partial charge >= 0.3 is 0 Å². The summed E-state index contributed by atoms with van der Waals surface area (Å²) in [7, 11) is 0. The lowest BCUT2D eigenvalue weighted by Crippen LogP contribution is -2.50. The van der Waals surface area contributed by atoms with Crippen LogP contribution in [-0.4, -0.2) is 61.7 Å². The maximum absolute atomic E-state index is 3.43. The second-order valence-corrected chi connectivity index (χ2v) is 5.88. The molecule has 0 aromatic carbocycles. The van der Waals surface area contributed by atoms with E-state index in [0.717, 1.165) is 12.0 Å². The molecule has 2 saturated heterocycles. The van der Waals surface area contributed by atoms with Gasteiger partial charge in [-0.2, -0.15) is 12.8 Å². The molecule has 0 amide bonds. The van der Waals surface area contributed by atoms with E-state index in [1.54, 1.807) is 0 Å². The summed E-state index contributed by atoms with van der Waals surface area (Å²) >= 11 is 0. The van der Waals surface area contributed by atoms with Gasteiger partial charge in [0.05, 0.1) is 0 Å². The number of nitrogens with one attached hydrogen (secondary N) is 1. The van der Waals surface area contributed by atoms with Crippen LogP contribution in [0, 0.1) is 12.3 Å². The number of hydrogen-bond donors (Lipinski definition) is 1. The normalized spacial score (nSPS) is 29.3. The Kier molecular flexibility index (Phi) is 5.93. The van der Waals surface area contributed by atoms with Gasteiger partial charge in [0.1, 0.15) is 0 Å². The van der Waals surface area contributed by atoms with Crippen LogP contribution in [0.15, 0.2) is 0 Å². The number of hydrogen-bond acceptors (Lipinski definition) is 3. The molecule has 0 radical (unpaired) electrons. The lowest BCUT2D eigenvalue weighted by Gasteiger charge is -2.43. The van der Waals surface area contributed by atoms with E-state index in [1.807, 2.05) is 0 Å². The first-order chi connectivity index (χ1) is 8.81. The summed E-state index contributed by atoms with van der Waals surface area (Å²) in [5.74, 6) is 0.744. The fourth-order valence-electron chi connectivity index (χ4n) is 3.32. The Morgan fingerprint density at radius 1 is 1.17 bits per heavy atom. The summed E-state index contributed by atoms with van der Waals surface area (Å²) in [5, 5.41) is 3.43. The first-order valence-corrected chi connectivity index (χ1v) is 7.78. The van der Waals surface area contributed by atoms with Gasteiger partial charge in [0.25, 0.3) is 0 Å². The van der Waals surface area contributed by atoms with E-state index in [9.17, 15) is 0 Å². The van der Waals surface area contributed by atoms with Crippen LogP contribution < -0.4 is 5.32 Å². The molecule has 0 bridgehead atoms. The van der Waals surface area contributed by atoms with Crippen molar-refractivity contribution in [2.24, 2.45) is 5.92 Å². The summed E-state index contributed by atoms with van der Waals surface area (Å²) in [6.07, 6.45) is 6.60. The van der Waals surface area contributed by atoms with E-state index in [2.05, 4.69) is 35.4 Å². The maximum atomic E-state index is 3.43. The summed E-state index contributed by atoms with van der Waals surface area (Å²) in [5.41, 5.74) is 0. The predicted molar refractivity (Wildman–Crippen MR) is 77.7 cm³/mol. The van der Waals surface area contributed by atoms with E-state index in [-0.39, 0.29) is 0 Å². The smallest absolute Gasteiger partial charge is 0.0111 e. The Morgan fingerprint density at radius 2 is 1.94 bits per heavy atom. The molecular weight excluding hydrogens is 222 g/mol. The molecule has 0 aliphatic carbocycles. The van der Waals surface area contributed by atoms with Crippen molar-refractivity contribution in [3.63, 3.8) is 0 Å². The van der Waals surface area contributed by atoms with Gasteiger partial charge < -0.3 is 16.6 Å². The van der Waals surface area contributed by atoms with Crippen molar-refractivity contribution < 1.29 is 0 Å². The molecule has 2 rings (SSSR count). The average molecular weight is 252 g/mol. The second-order valence-electron chi connectivity index (χ2n) is 5.88. The zero-order chi connectivity index (χ0) is 12.8. The molecule has 2 fully saturated rings. The van der Waals surface area contributed by atoms with Crippen molar-refractivity contribution in [3.8, 4) is 0 Å². The molecule has 106 valence electrons. The molecule has 2 heterocycles. The predicted octanol–water partition coefficient (Wildman–Crippen LogP) is 1.61. The molecular formula is C15H30N3-. The zero-order valence-corrected chi connectivity index (χ0v) is 12.2. The van der Waals surface area contributed by atoms with Crippen molar-refractivity contribution in [1.29, 1.82) is 0 Å². The van der Waals surface area contributed by atoms with E-state index < -0.39 is 0 Å². The molecule has 3 nitrogen and oxygen atoms in total. The number of rotatable bonds is 5. The second kappa shape index (κ2) is 7.46. The Bertz CT molecular complexity index is 226. The van der Waals surface area contributed by atoms with Gasteiger partial charge in [0.2, 0.25) is 0 Å². The molecule has 0 aromatic rings. The largest absolute Gasteiger partial charge is 0.327 e. The van der Waals surface area contributed by atoms with Gasteiger partial charge in [-0.1, -0.05) is 13.3 Å². The third kappa shape index (κ3) is 3.94. The van der Waals surface area contributed by atoms with Crippen molar-refractivity contribution in [2.75, 3.05) is 45.8 Å². The molecule has 18 heavy (non-hydrogen) atoms. The Hall–Kier alpha value is -0.120. The number of nitrogens with zero attached hydrogens (tertiary/aromatic N) is 2. The topological polar surface area (TPSA) is 18.5 Å². The fourth-order valence-corrected chi connectivity index (χ4v) is 3.32. The zero-order valence-electron chi connectivity index (χ0n) is 12.2. The molecule has 2 aliphatic heterocycles. The van der Waals surface area contributed by atoms with Gasteiger partial charge in [-0.15, -0.1) is 0 Å². The van der Waals surface area contributed by atoms with Crippen LogP contribution in [0.2, 0.25) is 0 Å². The SMILES string of the molecule is C[CH-]C(C)C1CCCCN1CCN1CCNCC1. The van der Waals surface area contributed by atoms with Crippen LogP contribution in [0.1, 0.15) is 33.1 Å². The Labute approximate surface area is 113 Å². The molecule has 2 aliphatic rings. The number of likely N-dealkylation sites (tertiary alicyclic amines) is 1. The molecule has 0 saturated carbocycles. The molecule has 0 spiro atoms. The van der Waals surface area contributed by atoms with Gasteiger partial charge in [0, 0.05) is 39.3 Å². The van der Waals surface area contributed by atoms with Crippen LogP contribution in [0.4, 0.5) is 0 Å². The van der Waals surface area contributed by atoms with Crippen LogP contribution >= 0.6 is 0 Å². The Balaban J connectivity index is 1.77. The van der Waals surface area contributed by atoms with Crippen LogP contribution in [0.3, 0.4) is 0 Å². The molecule has 1 N–H and O–H groups in total. The number of piperazine rings is 1. The number of piperidine rings is 1. The molecule has 0 aromatic heterocycles. The lowest BCUT2D eigenvalue weighted by molar-refractivity contribution is 0.0967. The van der Waals surface area contributed by atoms with Crippen LogP contribution in [0.25, 0.3) is 0 Å². The van der Waals surface area contributed by atoms with Crippen molar-refractivity contribution in [2.45, 2.75) is 39.2 Å². The minimum atomic E-state index is 0.744. The van der Waals surface area contributed by atoms with Gasteiger partial charge in [-0.25, -0.2) is 0 Å². The summed E-state index contributed by atoms with van der Waals surface area (Å²) in [4.78, 5) is 5.36. The highest BCUT2D eigenvalue weighted by atomic mass is 15.2. The average Bonchev–Trinajstić information content (AvgIpc) is 2.45. The maximum Gasteiger partial charge on any atom is 0.0111 e. The van der Waals surface area contributed by atoms with Crippen molar-refractivity contribution in [1.82, 2.24) is 15.1 Å². The highest BCUT2D eigenvalue weighted by Crippen LogP contribution is 2.24.